The van der Waals surface area contributed by atoms with Crippen molar-refractivity contribution in [2.75, 3.05) is 37.7 Å². The van der Waals surface area contributed by atoms with Crippen LogP contribution in [0.2, 0.25) is 0 Å². The molecule has 1 aliphatic rings. The van der Waals surface area contributed by atoms with Crippen LogP contribution in [0.1, 0.15) is 30.0 Å². The van der Waals surface area contributed by atoms with Gasteiger partial charge in [0.25, 0.3) is 0 Å². The van der Waals surface area contributed by atoms with Crippen LogP contribution in [0.25, 0.3) is 0 Å². The number of halogens is 1. The number of nitrogens with zero attached hydrogens (tertiary/aromatic N) is 1. The van der Waals surface area contributed by atoms with Gasteiger partial charge in [-0.3, -0.25) is 0 Å². The first kappa shape index (κ1) is 20.2. The molecule has 0 aliphatic carbocycles. The molecule has 0 atom stereocenters. The van der Waals surface area contributed by atoms with E-state index in [-0.39, 0.29) is 5.82 Å². The molecule has 0 radical (unpaired) electrons. The third kappa shape index (κ3) is 5.46. The minimum absolute atomic E-state index is 0.121. The lowest BCUT2D eigenvalue weighted by molar-refractivity contribution is 0.313. The number of rotatable bonds is 4. The van der Waals surface area contributed by atoms with Crippen molar-refractivity contribution >= 4 is 5.69 Å². The summed E-state index contributed by atoms with van der Waals surface area (Å²) in [5.74, 6) is 0.950. The van der Waals surface area contributed by atoms with Crippen molar-refractivity contribution in [2.24, 2.45) is 0 Å². The molecule has 1 N–H and O–H groups in total. The third-order valence-corrected chi connectivity index (χ3v) is 4.63. The molecular weight excluding hydrogens is 327 g/mol. The van der Waals surface area contributed by atoms with Crippen molar-refractivity contribution in [3.8, 4) is 5.75 Å². The zero-order valence-corrected chi connectivity index (χ0v) is 16.4. The van der Waals surface area contributed by atoms with Crippen molar-refractivity contribution in [1.82, 2.24) is 5.32 Å². The zero-order chi connectivity index (χ0) is 18.9. The van der Waals surface area contributed by atoms with Gasteiger partial charge in [-0.2, -0.15) is 0 Å². The van der Waals surface area contributed by atoms with Crippen LogP contribution in [0.5, 0.6) is 5.75 Å². The Morgan fingerprint density at radius 3 is 2.31 bits per heavy atom. The van der Waals surface area contributed by atoms with Gasteiger partial charge in [-0.1, -0.05) is 31.2 Å². The molecular formula is C22H31FN2O. The van der Waals surface area contributed by atoms with Crippen LogP contribution in [-0.2, 0) is 0 Å². The van der Waals surface area contributed by atoms with Crippen LogP contribution in [0.3, 0.4) is 0 Å². The van der Waals surface area contributed by atoms with Gasteiger partial charge in [0, 0.05) is 26.2 Å². The summed E-state index contributed by atoms with van der Waals surface area (Å²) >= 11 is 0. The van der Waals surface area contributed by atoms with Gasteiger partial charge in [0.15, 0.2) is 0 Å². The average molecular weight is 359 g/mol. The second-order valence-electron chi connectivity index (χ2n) is 6.69. The molecule has 2 aromatic carbocycles. The lowest BCUT2D eigenvalue weighted by atomic mass is 10.1. The molecule has 1 aliphatic heterocycles. The maximum atomic E-state index is 13.3. The van der Waals surface area contributed by atoms with Gasteiger partial charge in [-0.25, -0.2) is 4.39 Å². The van der Waals surface area contributed by atoms with Gasteiger partial charge in [0.1, 0.15) is 11.6 Å². The lowest BCUT2D eigenvalue weighted by Gasteiger charge is -2.29. The average Bonchev–Trinajstić information content (AvgIpc) is 2.67. The number of ether oxygens (including phenoxy) is 1. The van der Waals surface area contributed by atoms with Crippen molar-refractivity contribution in [3.63, 3.8) is 0 Å². The number of hydrogen-bond acceptors (Lipinski definition) is 3. The SMILES string of the molecule is CCCOc1c(C)ccc(C)c1C.Fc1ccccc1N1CCNCC1. The summed E-state index contributed by atoms with van der Waals surface area (Å²) in [4.78, 5) is 2.08. The van der Waals surface area contributed by atoms with Crippen LogP contribution in [0.4, 0.5) is 10.1 Å². The first-order valence-electron chi connectivity index (χ1n) is 9.44. The van der Waals surface area contributed by atoms with Gasteiger partial charge in [-0.15, -0.1) is 0 Å². The minimum Gasteiger partial charge on any atom is -0.493 e. The van der Waals surface area contributed by atoms with E-state index in [1.807, 2.05) is 12.1 Å². The normalized spacial score (nSPS) is 13.8. The number of para-hydroxylation sites is 1. The molecule has 0 saturated carbocycles. The fourth-order valence-corrected chi connectivity index (χ4v) is 2.97. The van der Waals surface area contributed by atoms with Crippen molar-refractivity contribution < 1.29 is 9.13 Å². The minimum atomic E-state index is -0.121. The Morgan fingerprint density at radius 2 is 1.65 bits per heavy atom. The molecule has 0 unspecified atom stereocenters. The van der Waals surface area contributed by atoms with E-state index in [0.29, 0.717) is 0 Å². The van der Waals surface area contributed by atoms with Crippen molar-refractivity contribution in [3.05, 3.63) is 58.9 Å². The van der Waals surface area contributed by atoms with E-state index in [1.54, 1.807) is 6.07 Å². The standard InChI is InChI=1S/C12H18O.C10H13FN2/c1-5-8-13-12-10(3)7-6-9(2)11(12)4;11-9-3-1-2-4-10(9)13-7-5-12-6-8-13/h6-7H,5,8H2,1-4H3;1-4,12H,5-8H2. The molecule has 1 saturated heterocycles. The molecule has 2 aromatic rings. The third-order valence-electron chi connectivity index (χ3n) is 4.63. The molecule has 4 heteroatoms. The van der Waals surface area contributed by atoms with E-state index in [1.165, 1.54) is 22.8 Å². The summed E-state index contributed by atoms with van der Waals surface area (Å²) in [5, 5.41) is 3.24. The highest BCUT2D eigenvalue weighted by Crippen LogP contribution is 2.25. The molecule has 1 heterocycles. The van der Waals surface area contributed by atoms with Gasteiger partial charge >= 0.3 is 0 Å². The van der Waals surface area contributed by atoms with Gasteiger partial charge in [-0.05, 0) is 56.0 Å². The van der Waals surface area contributed by atoms with Gasteiger partial charge in [0.05, 0.1) is 12.3 Å². The highest BCUT2D eigenvalue weighted by atomic mass is 19.1. The fourth-order valence-electron chi connectivity index (χ4n) is 2.97. The van der Waals surface area contributed by atoms with E-state index >= 15 is 0 Å². The maximum absolute atomic E-state index is 13.3. The molecule has 26 heavy (non-hydrogen) atoms. The molecule has 0 bridgehead atoms. The quantitative estimate of drug-likeness (QED) is 0.862. The van der Waals surface area contributed by atoms with Crippen molar-refractivity contribution in [2.45, 2.75) is 34.1 Å². The smallest absolute Gasteiger partial charge is 0.146 e. The molecule has 3 nitrogen and oxygen atoms in total. The van der Waals surface area contributed by atoms with E-state index in [0.717, 1.165) is 50.6 Å². The van der Waals surface area contributed by atoms with Gasteiger partial charge in [0.2, 0.25) is 0 Å². The van der Waals surface area contributed by atoms with E-state index in [9.17, 15) is 4.39 Å². The highest BCUT2D eigenvalue weighted by molar-refractivity contribution is 5.48. The topological polar surface area (TPSA) is 24.5 Å². The Balaban J connectivity index is 0.000000187. The number of benzene rings is 2. The lowest BCUT2D eigenvalue weighted by Crippen LogP contribution is -2.43. The van der Waals surface area contributed by atoms with Crippen molar-refractivity contribution in [1.29, 1.82) is 0 Å². The summed E-state index contributed by atoms with van der Waals surface area (Å²) < 4.78 is 19.0. The Hall–Kier alpha value is -2.07. The van der Waals surface area contributed by atoms with E-state index in [4.69, 9.17) is 4.74 Å². The van der Waals surface area contributed by atoms with Gasteiger partial charge < -0.3 is 15.0 Å². The Bertz CT molecular complexity index is 697. The van der Waals surface area contributed by atoms with Crippen LogP contribution in [0.15, 0.2) is 36.4 Å². The second kappa shape index (κ2) is 10.2. The first-order chi connectivity index (χ1) is 12.5. The molecule has 0 spiro atoms. The van der Waals surface area contributed by atoms with E-state index < -0.39 is 0 Å². The zero-order valence-electron chi connectivity index (χ0n) is 16.4. The molecule has 142 valence electrons. The first-order valence-corrected chi connectivity index (χ1v) is 9.44. The summed E-state index contributed by atoms with van der Waals surface area (Å²) in [6.45, 7) is 12.9. The Labute approximate surface area is 157 Å². The number of piperazine rings is 1. The largest absolute Gasteiger partial charge is 0.493 e. The number of nitrogens with one attached hydrogen (secondary N) is 1. The second-order valence-corrected chi connectivity index (χ2v) is 6.69. The monoisotopic (exact) mass is 358 g/mol. The summed E-state index contributed by atoms with van der Waals surface area (Å²) in [7, 11) is 0. The number of anilines is 1. The highest BCUT2D eigenvalue weighted by Gasteiger charge is 2.12. The van der Waals surface area contributed by atoms with E-state index in [2.05, 4.69) is 50.0 Å². The Kier molecular flexibility index (Phi) is 7.92. The predicted octanol–water partition coefficient (Wildman–Crippen LogP) is 4.64. The maximum Gasteiger partial charge on any atom is 0.146 e. The molecule has 0 amide bonds. The summed E-state index contributed by atoms with van der Waals surface area (Å²) in [6.07, 6.45) is 1.06. The van der Waals surface area contributed by atoms with Crippen LogP contribution >= 0.6 is 0 Å². The number of aryl methyl sites for hydroxylation is 2. The van der Waals surface area contributed by atoms with Crippen LogP contribution < -0.4 is 15.0 Å². The van der Waals surface area contributed by atoms with Crippen LogP contribution in [-0.4, -0.2) is 32.8 Å². The van der Waals surface area contributed by atoms with Crippen LogP contribution in [0, 0.1) is 26.6 Å². The predicted molar refractivity (Wildman–Crippen MR) is 108 cm³/mol. The fraction of sp³-hybridized carbons (Fsp3) is 0.455. The molecule has 3 rings (SSSR count). The molecule has 0 aromatic heterocycles. The number of hydrogen-bond donors (Lipinski definition) is 1. The molecule has 1 fully saturated rings. The Morgan fingerprint density at radius 1 is 1.00 bits per heavy atom. The summed E-state index contributed by atoms with van der Waals surface area (Å²) in [6, 6.07) is 11.2. The summed E-state index contributed by atoms with van der Waals surface area (Å²) in [5.41, 5.74) is 4.53.